The molecule has 0 amide bonds. The van der Waals surface area contributed by atoms with Gasteiger partial charge in [-0.2, -0.15) is 0 Å². The second-order valence-corrected chi connectivity index (χ2v) is 6.16. The third kappa shape index (κ3) is 3.31. The van der Waals surface area contributed by atoms with Crippen molar-refractivity contribution in [2.75, 3.05) is 5.32 Å². The molecule has 2 aromatic carbocycles. The number of rotatable bonds is 4. The fourth-order valence-corrected chi connectivity index (χ4v) is 3.00. The lowest BCUT2D eigenvalue weighted by molar-refractivity contribution is 0.845. The van der Waals surface area contributed by atoms with Crippen molar-refractivity contribution < 1.29 is 0 Å². The molecule has 0 bridgehead atoms. The van der Waals surface area contributed by atoms with Crippen molar-refractivity contribution in [1.29, 1.82) is 0 Å². The molecule has 106 valence electrons. The van der Waals surface area contributed by atoms with Gasteiger partial charge in [0.25, 0.3) is 0 Å². The van der Waals surface area contributed by atoms with Crippen LogP contribution in [0.1, 0.15) is 23.7 Å². The minimum Gasteiger partial charge on any atom is -0.377 e. The van der Waals surface area contributed by atoms with Gasteiger partial charge in [0, 0.05) is 11.1 Å². The average molecular weight is 294 g/mol. The van der Waals surface area contributed by atoms with Crippen molar-refractivity contribution >= 4 is 17.0 Å². The fourth-order valence-electron chi connectivity index (χ4n) is 2.29. The summed E-state index contributed by atoms with van der Waals surface area (Å²) >= 11 is 1.69. The molecule has 1 N–H and O–H groups in total. The van der Waals surface area contributed by atoms with E-state index in [1.54, 1.807) is 11.3 Å². The third-order valence-electron chi connectivity index (χ3n) is 3.46. The molecule has 1 heterocycles. The standard InChI is InChI=1S/C18H18N2S/c1-13(18-12-21-14(2)20-18)19-17-10-8-16(9-11-17)15-6-4-3-5-7-15/h3-13,19H,1-2H3. The predicted octanol–water partition coefficient (Wildman–Crippen LogP) is 5.29. The van der Waals surface area contributed by atoms with Gasteiger partial charge in [-0.05, 0) is 37.1 Å². The second kappa shape index (κ2) is 6.10. The maximum Gasteiger partial charge on any atom is 0.0898 e. The Morgan fingerprint density at radius 1 is 0.952 bits per heavy atom. The summed E-state index contributed by atoms with van der Waals surface area (Å²) < 4.78 is 0. The highest BCUT2D eigenvalue weighted by atomic mass is 32.1. The Hall–Kier alpha value is -2.13. The van der Waals surface area contributed by atoms with E-state index in [0.717, 1.165) is 16.4 Å². The molecule has 1 unspecified atom stereocenters. The number of thiazole rings is 1. The van der Waals surface area contributed by atoms with Crippen molar-refractivity contribution in [1.82, 2.24) is 4.98 Å². The number of hydrogen-bond acceptors (Lipinski definition) is 3. The maximum absolute atomic E-state index is 4.53. The van der Waals surface area contributed by atoms with E-state index in [0.29, 0.717) is 0 Å². The van der Waals surface area contributed by atoms with Crippen LogP contribution in [-0.4, -0.2) is 4.98 Å². The van der Waals surface area contributed by atoms with Crippen LogP contribution in [0.25, 0.3) is 11.1 Å². The molecule has 3 aromatic rings. The lowest BCUT2D eigenvalue weighted by Crippen LogP contribution is -2.06. The molecule has 1 aromatic heterocycles. The lowest BCUT2D eigenvalue weighted by atomic mass is 10.1. The van der Waals surface area contributed by atoms with E-state index in [-0.39, 0.29) is 6.04 Å². The first-order valence-electron chi connectivity index (χ1n) is 7.06. The number of benzene rings is 2. The van der Waals surface area contributed by atoms with Crippen molar-refractivity contribution in [3.8, 4) is 11.1 Å². The van der Waals surface area contributed by atoms with Crippen LogP contribution in [0, 0.1) is 6.92 Å². The normalized spacial score (nSPS) is 12.1. The van der Waals surface area contributed by atoms with E-state index in [2.05, 4.69) is 71.1 Å². The summed E-state index contributed by atoms with van der Waals surface area (Å²) in [5.41, 5.74) is 4.70. The summed E-state index contributed by atoms with van der Waals surface area (Å²) in [5, 5.41) is 6.72. The predicted molar refractivity (Wildman–Crippen MR) is 90.8 cm³/mol. The minimum absolute atomic E-state index is 0.220. The highest BCUT2D eigenvalue weighted by molar-refractivity contribution is 7.09. The third-order valence-corrected chi connectivity index (χ3v) is 4.25. The number of aromatic nitrogens is 1. The molecule has 0 saturated carbocycles. The van der Waals surface area contributed by atoms with E-state index in [9.17, 15) is 0 Å². The van der Waals surface area contributed by atoms with Gasteiger partial charge >= 0.3 is 0 Å². The number of nitrogens with zero attached hydrogens (tertiary/aromatic N) is 1. The molecule has 0 radical (unpaired) electrons. The van der Waals surface area contributed by atoms with Crippen LogP contribution in [-0.2, 0) is 0 Å². The van der Waals surface area contributed by atoms with Crippen molar-refractivity contribution in [2.24, 2.45) is 0 Å². The van der Waals surface area contributed by atoms with Gasteiger partial charge < -0.3 is 5.32 Å². The Morgan fingerprint density at radius 2 is 1.62 bits per heavy atom. The summed E-state index contributed by atoms with van der Waals surface area (Å²) in [6.45, 7) is 4.18. The van der Waals surface area contributed by atoms with Gasteiger partial charge in [-0.1, -0.05) is 42.5 Å². The Labute approximate surface area is 129 Å². The molecule has 3 heteroatoms. The molecule has 3 rings (SSSR count). The minimum atomic E-state index is 0.220. The first-order chi connectivity index (χ1) is 10.2. The quantitative estimate of drug-likeness (QED) is 0.707. The molecular formula is C18H18N2S. The Balaban J connectivity index is 1.73. The van der Waals surface area contributed by atoms with Gasteiger partial charge in [-0.25, -0.2) is 4.98 Å². The number of nitrogens with one attached hydrogen (secondary N) is 1. The molecule has 0 aliphatic heterocycles. The summed E-state index contributed by atoms with van der Waals surface area (Å²) in [5.74, 6) is 0. The molecule has 0 saturated heterocycles. The zero-order chi connectivity index (χ0) is 14.7. The smallest absolute Gasteiger partial charge is 0.0898 e. The summed E-state index contributed by atoms with van der Waals surface area (Å²) in [4.78, 5) is 4.53. The lowest BCUT2D eigenvalue weighted by Gasteiger charge is -2.13. The SMILES string of the molecule is Cc1nc(C(C)Nc2ccc(-c3ccccc3)cc2)cs1. The first-order valence-corrected chi connectivity index (χ1v) is 7.94. The van der Waals surface area contributed by atoms with Crippen molar-refractivity contribution in [2.45, 2.75) is 19.9 Å². The molecule has 2 nitrogen and oxygen atoms in total. The van der Waals surface area contributed by atoms with Gasteiger partial charge in [-0.3, -0.25) is 0 Å². The van der Waals surface area contributed by atoms with E-state index in [1.165, 1.54) is 11.1 Å². The highest BCUT2D eigenvalue weighted by Gasteiger charge is 2.08. The molecule has 21 heavy (non-hydrogen) atoms. The van der Waals surface area contributed by atoms with Gasteiger partial charge in [0.05, 0.1) is 16.7 Å². The van der Waals surface area contributed by atoms with Gasteiger partial charge in [0.2, 0.25) is 0 Å². The largest absolute Gasteiger partial charge is 0.377 e. The fraction of sp³-hybridized carbons (Fsp3) is 0.167. The zero-order valence-corrected chi connectivity index (χ0v) is 13.0. The number of aryl methyl sites for hydroxylation is 1. The summed E-state index contributed by atoms with van der Waals surface area (Å²) in [6.07, 6.45) is 0. The van der Waals surface area contributed by atoms with Crippen molar-refractivity contribution in [3.05, 3.63) is 70.7 Å². The summed E-state index contributed by atoms with van der Waals surface area (Å²) in [7, 11) is 0. The van der Waals surface area contributed by atoms with E-state index in [1.807, 2.05) is 13.0 Å². The van der Waals surface area contributed by atoms with E-state index >= 15 is 0 Å². The second-order valence-electron chi connectivity index (χ2n) is 5.10. The van der Waals surface area contributed by atoms with Gasteiger partial charge in [-0.15, -0.1) is 11.3 Å². The van der Waals surface area contributed by atoms with Crippen molar-refractivity contribution in [3.63, 3.8) is 0 Å². The molecule has 0 aliphatic rings. The van der Waals surface area contributed by atoms with Gasteiger partial charge in [0.15, 0.2) is 0 Å². The summed E-state index contributed by atoms with van der Waals surface area (Å²) in [6, 6.07) is 19.2. The van der Waals surface area contributed by atoms with Gasteiger partial charge in [0.1, 0.15) is 0 Å². The molecule has 1 atom stereocenters. The highest BCUT2D eigenvalue weighted by Crippen LogP contribution is 2.24. The topological polar surface area (TPSA) is 24.9 Å². The van der Waals surface area contributed by atoms with E-state index in [4.69, 9.17) is 0 Å². The van der Waals surface area contributed by atoms with Crippen LogP contribution in [0.3, 0.4) is 0 Å². The van der Waals surface area contributed by atoms with E-state index < -0.39 is 0 Å². The first kappa shape index (κ1) is 13.8. The Bertz CT molecular complexity index is 702. The molecular weight excluding hydrogens is 276 g/mol. The number of anilines is 1. The van der Waals surface area contributed by atoms with Crippen LogP contribution >= 0.6 is 11.3 Å². The Morgan fingerprint density at radius 3 is 2.24 bits per heavy atom. The molecule has 0 spiro atoms. The zero-order valence-electron chi connectivity index (χ0n) is 12.2. The van der Waals surface area contributed by atoms with Crippen LogP contribution in [0.15, 0.2) is 60.0 Å². The van der Waals surface area contributed by atoms with Crippen LogP contribution in [0.4, 0.5) is 5.69 Å². The average Bonchev–Trinajstić information content (AvgIpc) is 2.96. The number of hydrogen-bond donors (Lipinski definition) is 1. The van der Waals surface area contributed by atoms with Crippen LogP contribution < -0.4 is 5.32 Å². The molecule has 0 aliphatic carbocycles. The molecule has 0 fully saturated rings. The van der Waals surface area contributed by atoms with Crippen LogP contribution in [0.2, 0.25) is 0 Å². The monoisotopic (exact) mass is 294 g/mol. The maximum atomic E-state index is 4.53. The Kier molecular flexibility index (Phi) is 4.02. The van der Waals surface area contributed by atoms with Crippen LogP contribution in [0.5, 0.6) is 0 Å².